The van der Waals surface area contributed by atoms with Crippen LogP contribution in [0.3, 0.4) is 0 Å². The highest BCUT2D eigenvalue weighted by Gasteiger charge is 2.40. The molecule has 3 atom stereocenters. The number of carbonyl (C=O) groups excluding carboxylic acids is 2. The Morgan fingerprint density at radius 2 is 2.03 bits per heavy atom. The Bertz CT molecular complexity index is 1010. The van der Waals surface area contributed by atoms with Crippen LogP contribution in [0.15, 0.2) is 36.4 Å². The standard InChI is InChI=1S/C24H29N5O2/c1-5-20-16(3)23(28-22-9-6-8-15(2)27-22)19-14-18(24(31)26-13-7-12-25)10-11-21(19)29(20)17(4)30/h6,8-11,14,16,20,23H,5,7,13H2,1-4H3,(H,26,31)(H,27,28)/t16-,20?,23?/m0/s1. The number of nitrogens with zero attached hydrogens (tertiary/aromatic N) is 3. The molecule has 31 heavy (non-hydrogen) atoms. The smallest absolute Gasteiger partial charge is 0.251 e. The van der Waals surface area contributed by atoms with Gasteiger partial charge < -0.3 is 15.5 Å². The Morgan fingerprint density at radius 1 is 1.26 bits per heavy atom. The average Bonchev–Trinajstić information content (AvgIpc) is 2.74. The maximum atomic E-state index is 12.6. The lowest BCUT2D eigenvalue weighted by Gasteiger charge is -2.45. The van der Waals surface area contributed by atoms with Crippen LogP contribution in [-0.2, 0) is 4.79 Å². The Labute approximate surface area is 183 Å². The molecule has 2 heterocycles. The van der Waals surface area contributed by atoms with Gasteiger partial charge in [0.1, 0.15) is 5.82 Å². The van der Waals surface area contributed by atoms with Gasteiger partial charge in [0.25, 0.3) is 5.91 Å². The number of hydrogen-bond donors (Lipinski definition) is 2. The third kappa shape index (κ3) is 4.69. The van der Waals surface area contributed by atoms with Crippen molar-refractivity contribution < 1.29 is 9.59 Å². The fourth-order valence-corrected chi connectivity index (χ4v) is 4.37. The van der Waals surface area contributed by atoms with Crippen molar-refractivity contribution in [1.29, 1.82) is 5.26 Å². The first-order chi connectivity index (χ1) is 14.9. The summed E-state index contributed by atoms with van der Waals surface area (Å²) in [6.07, 6.45) is 1.07. The summed E-state index contributed by atoms with van der Waals surface area (Å²) in [5.74, 6) is 0.613. The summed E-state index contributed by atoms with van der Waals surface area (Å²) >= 11 is 0. The highest BCUT2D eigenvalue weighted by molar-refractivity contribution is 5.98. The minimum Gasteiger partial charge on any atom is -0.363 e. The minimum absolute atomic E-state index is 0.0155. The molecular formula is C24H29N5O2. The van der Waals surface area contributed by atoms with Crippen LogP contribution in [0.4, 0.5) is 11.5 Å². The summed E-state index contributed by atoms with van der Waals surface area (Å²) in [5.41, 5.74) is 3.13. The van der Waals surface area contributed by atoms with E-state index >= 15 is 0 Å². The Kier molecular flexibility index (Phi) is 6.91. The Hall–Kier alpha value is -3.40. The summed E-state index contributed by atoms with van der Waals surface area (Å²) in [4.78, 5) is 31.6. The molecule has 7 nitrogen and oxygen atoms in total. The maximum Gasteiger partial charge on any atom is 0.251 e. The van der Waals surface area contributed by atoms with Gasteiger partial charge in [-0.15, -0.1) is 0 Å². The van der Waals surface area contributed by atoms with Crippen molar-refractivity contribution in [1.82, 2.24) is 10.3 Å². The SMILES string of the molecule is CCC1[C@H](C)C(Nc2cccc(C)n2)c2cc(C(=O)NCCC#N)ccc2N1C(C)=O. The second-order valence-electron chi connectivity index (χ2n) is 7.95. The van der Waals surface area contributed by atoms with E-state index in [-0.39, 0.29) is 36.2 Å². The fourth-order valence-electron chi connectivity index (χ4n) is 4.37. The molecule has 1 aliphatic heterocycles. The normalized spacial score (nSPS) is 19.8. The van der Waals surface area contributed by atoms with Crippen LogP contribution in [0.2, 0.25) is 0 Å². The van der Waals surface area contributed by atoms with Crippen molar-refractivity contribution in [2.75, 3.05) is 16.8 Å². The lowest BCUT2D eigenvalue weighted by Crippen LogP contribution is -2.49. The van der Waals surface area contributed by atoms with Gasteiger partial charge in [-0.3, -0.25) is 9.59 Å². The lowest BCUT2D eigenvalue weighted by atomic mass is 9.80. The van der Waals surface area contributed by atoms with Crippen LogP contribution < -0.4 is 15.5 Å². The molecule has 0 spiro atoms. The van der Waals surface area contributed by atoms with E-state index < -0.39 is 0 Å². The van der Waals surface area contributed by atoms with Crippen molar-refractivity contribution in [3.63, 3.8) is 0 Å². The summed E-state index contributed by atoms with van der Waals surface area (Å²) in [5, 5.41) is 15.0. The van der Waals surface area contributed by atoms with Crippen molar-refractivity contribution in [3.8, 4) is 6.07 Å². The number of nitriles is 1. The first-order valence-corrected chi connectivity index (χ1v) is 10.7. The molecule has 0 saturated heterocycles. The molecule has 2 N–H and O–H groups in total. The van der Waals surface area contributed by atoms with E-state index in [1.807, 2.05) is 48.2 Å². The van der Waals surface area contributed by atoms with Gasteiger partial charge in [-0.25, -0.2) is 4.98 Å². The largest absolute Gasteiger partial charge is 0.363 e. The molecule has 1 aromatic carbocycles. The second kappa shape index (κ2) is 9.61. The zero-order chi connectivity index (χ0) is 22.5. The van der Waals surface area contributed by atoms with Gasteiger partial charge in [-0.1, -0.05) is 19.9 Å². The number of fused-ring (bicyclic) bond motifs is 1. The number of aryl methyl sites for hydroxylation is 1. The van der Waals surface area contributed by atoms with E-state index in [9.17, 15) is 9.59 Å². The van der Waals surface area contributed by atoms with E-state index in [4.69, 9.17) is 5.26 Å². The number of nitrogens with one attached hydrogen (secondary N) is 2. The molecule has 2 amide bonds. The zero-order valence-electron chi connectivity index (χ0n) is 18.5. The molecule has 2 unspecified atom stereocenters. The predicted octanol–water partition coefficient (Wildman–Crippen LogP) is 3.97. The molecule has 0 aliphatic carbocycles. The fraction of sp³-hybridized carbons (Fsp3) is 0.417. The summed E-state index contributed by atoms with van der Waals surface area (Å²) < 4.78 is 0. The minimum atomic E-state index is -0.231. The molecule has 1 aromatic heterocycles. The van der Waals surface area contributed by atoms with Crippen molar-refractivity contribution >= 4 is 23.3 Å². The first-order valence-electron chi connectivity index (χ1n) is 10.7. The second-order valence-corrected chi connectivity index (χ2v) is 7.95. The highest BCUT2D eigenvalue weighted by Crippen LogP contribution is 2.43. The number of benzene rings is 1. The van der Waals surface area contributed by atoms with Crippen LogP contribution >= 0.6 is 0 Å². The van der Waals surface area contributed by atoms with Gasteiger partial charge in [-0.2, -0.15) is 5.26 Å². The highest BCUT2D eigenvalue weighted by atomic mass is 16.2. The first kappa shape index (κ1) is 22.3. The Morgan fingerprint density at radius 3 is 2.68 bits per heavy atom. The predicted molar refractivity (Wildman–Crippen MR) is 121 cm³/mol. The number of amides is 2. The third-order valence-corrected chi connectivity index (χ3v) is 5.82. The zero-order valence-corrected chi connectivity index (χ0v) is 18.5. The molecule has 0 saturated carbocycles. The van der Waals surface area contributed by atoms with Gasteiger partial charge in [0.15, 0.2) is 0 Å². The van der Waals surface area contributed by atoms with Crippen LogP contribution in [0, 0.1) is 24.2 Å². The molecule has 0 bridgehead atoms. The quantitative estimate of drug-likeness (QED) is 0.691. The molecule has 2 aromatic rings. The monoisotopic (exact) mass is 419 g/mol. The topological polar surface area (TPSA) is 98.1 Å². The van der Waals surface area contributed by atoms with E-state index in [2.05, 4.69) is 29.5 Å². The van der Waals surface area contributed by atoms with Crippen LogP contribution in [0.5, 0.6) is 0 Å². The van der Waals surface area contributed by atoms with Gasteiger partial charge >= 0.3 is 0 Å². The van der Waals surface area contributed by atoms with Gasteiger partial charge in [0, 0.05) is 42.4 Å². The van der Waals surface area contributed by atoms with Crippen molar-refractivity contribution in [3.05, 3.63) is 53.2 Å². The van der Waals surface area contributed by atoms with Gasteiger partial charge in [-0.05, 0) is 49.2 Å². The molecule has 162 valence electrons. The van der Waals surface area contributed by atoms with Gasteiger partial charge in [0.2, 0.25) is 5.91 Å². The molecule has 0 radical (unpaired) electrons. The average molecular weight is 420 g/mol. The summed E-state index contributed by atoms with van der Waals surface area (Å²) in [6, 6.07) is 13.2. The summed E-state index contributed by atoms with van der Waals surface area (Å²) in [7, 11) is 0. The van der Waals surface area contributed by atoms with Crippen molar-refractivity contribution in [2.24, 2.45) is 5.92 Å². The van der Waals surface area contributed by atoms with E-state index in [1.165, 1.54) is 0 Å². The molecule has 3 rings (SSSR count). The molecule has 7 heteroatoms. The lowest BCUT2D eigenvalue weighted by molar-refractivity contribution is -0.117. The van der Waals surface area contributed by atoms with Gasteiger partial charge in [0.05, 0.1) is 18.5 Å². The number of hydrogen-bond acceptors (Lipinski definition) is 5. The molecule has 0 fully saturated rings. The number of rotatable bonds is 6. The van der Waals surface area contributed by atoms with Crippen LogP contribution in [-0.4, -0.2) is 29.4 Å². The van der Waals surface area contributed by atoms with E-state index in [0.717, 1.165) is 29.2 Å². The van der Waals surface area contributed by atoms with E-state index in [1.54, 1.807) is 13.0 Å². The third-order valence-electron chi connectivity index (χ3n) is 5.82. The molecule has 1 aliphatic rings. The van der Waals surface area contributed by atoms with Crippen molar-refractivity contribution in [2.45, 2.75) is 52.6 Å². The number of pyridine rings is 1. The molecular weight excluding hydrogens is 390 g/mol. The van der Waals surface area contributed by atoms with E-state index in [0.29, 0.717) is 12.1 Å². The number of anilines is 2. The van der Waals surface area contributed by atoms with Crippen LogP contribution in [0.25, 0.3) is 0 Å². The maximum absolute atomic E-state index is 12.6. The summed E-state index contributed by atoms with van der Waals surface area (Å²) in [6.45, 7) is 8.04. The number of carbonyl (C=O) groups is 2. The Balaban J connectivity index is 2.05. The number of aromatic nitrogens is 1. The van der Waals surface area contributed by atoms with Crippen LogP contribution in [0.1, 0.15) is 61.3 Å².